The van der Waals surface area contributed by atoms with E-state index in [1.165, 1.54) is 51.4 Å². The fraction of sp³-hybridized carbons (Fsp3) is 0.841. The molecule has 7 nitrogen and oxygen atoms in total. The summed E-state index contributed by atoms with van der Waals surface area (Å²) in [5.74, 6) is 0.949. The van der Waals surface area contributed by atoms with Crippen molar-refractivity contribution in [1.29, 1.82) is 0 Å². The number of unbranched alkanes of at least 4 members (excludes halogenated alkanes) is 16. The Labute approximate surface area is 314 Å². The number of carbonyl (C=O) groups is 3. The van der Waals surface area contributed by atoms with Gasteiger partial charge in [0.05, 0.1) is 0 Å². The summed E-state index contributed by atoms with van der Waals surface area (Å²) in [7, 11) is 4.22. The SMILES string of the molecule is CCCCCC/C=C/COC(=O)CCCCCCCC(CCCCCCCC(=O)OC/C=C/CCCCCC)OC(=O)CC1CC(CN(C)C)C1. The highest BCUT2D eigenvalue weighted by atomic mass is 16.5. The van der Waals surface area contributed by atoms with Crippen LogP contribution in [0.5, 0.6) is 0 Å². The fourth-order valence-corrected chi connectivity index (χ4v) is 6.96. The molecule has 0 saturated heterocycles. The van der Waals surface area contributed by atoms with Crippen LogP contribution in [0.15, 0.2) is 24.3 Å². The third-order valence-electron chi connectivity index (χ3n) is 9.99. The summed E-state index contributed by atoms with van der Waals surface area (Å²) in [5.41, 5.74) is 0. The number of rotatable bonds is 35. The van der Waals surface area contributed by atoms with Gasteiger partial charge in [-0.2, -0.15) is 0 Å². The Morgan fingerprint density at radius 2 is 1.02 bits per heavy atom. The zero-order valence-corrected chi connectivity index (χ0v) is 33.7. The Balaban J connectivity index is 2.23. The highest BCUT2D eigenvalue weighted by Crippen LogP contribution is 2.36. The Bertz CT molecular complexity index is 857. The van der Waals surface area contributed by atoms with Gasteiger partial charge in [-0.05, 0) is 103 Å². The van der Waals surface area contributed by atoms with Crippen molar-refractivity contribution in [3.05, 3.63) is 24.3 Å². The lowest BCUT2D eigenvalue weighted by Crippen LogP contribution is -2.34. The third kappa shape index (κ3) is 30.1. The predicted molar refractivity (Wildman–Crippen MR) is 212 cm³/mol. The molecule has 1 rings (SSSR count). The van der Waals surface area contributed by atoms with E-state index in [0.29, 0.717) is 44.3 Å². The van der Waals surface area contributed by atoms with Gasteiger partial charge in [0.25, 0.3) is 0 Å². The van der Waals surface area contributed by atoms with Crippen molar-refractivity contribution in [3.8, 4) is 0 Å². The molecule has 0 unspecified atom stereocenters. The summed E-state index contributed by atoms with van der Waals surface area (Å²) in [6, 6.07) is 0. The van der Waals surface area contributed by atoms with E-state index in [2.05, 4.69) is 45.0 Å². The van der Waals surface area contributed by atoms with Gasteiger partial charge in [-0.15, -0.1) is 0 Å². The topological polar surface area (TPSA) is 82.1 Å². The van der Waals surface area contributed by atoms with Crippen LogP contribution in [-0.2, 0) is 28.6 Å². The second-order valence-electron chi connectivity index (χ2n) is 15.4. The normalized spacial score (nSPS) is 16.0. The Hall–Kier alpha value is -2.15. The van der Waals surface area contributed by atoms with Crippen LogP contribution in [0, 0.1) is 11.8 Å². The molecular weight excluding hydrogens is 638 g/mol. The molecule has 0 spiro atoms. The van der Waals surface area contributed by atoms with Crippen molar-refractivity contribution < 1.29 is 28.6 Å². The molecule has 0 atom stereocenters. The second-order valence-corrected chi connectivity index (χ2v) is 15.4. The average molecular weight is 718 g/mol. The summed E-state index contributed by atoms with van der Waals surface area (Å²) >= 11 is 0. The maximum atomic E-state index is 12.9. The Kier molecular flexibility index (Phi) is 30.9. The standard InChI is InChI=1S/C44H79NO6/c1-5-7-9-11-13-21-27-33-49-42(46)31-25-19-15-17-23-29-41(51-44(48)37-39-35-40(36-39)38-45(3)4)30-24-18-16-20-26-32-43(47)50-34-28-22-14-12-10-8-6-2/h21-22,27-28,39-41H,5-20,23-26,29-38H2,1-4H3/b27-21+,28-22+. The monoisotopic (exact) mass is 718 g/mol. The molecule has 0 aromatic carbocycles. The largest absolute Gasteiger partial charge is 0.462 e. The molecule has 1 saturated carbocycles. The summed E-state index contributed by atoms with van der Waals surface area (Å²) < 4.78 is 16.7. The molecule has 51 heavy (non-hydrogen) atoms. The maximum Gasteiger partial charge on any atom is 0.306 e. The molecular formula is C44H79NO6. The van der Waals surface area contributed by atoms with Crippen LogP contribution < -0.4 is 0 Å². The lowest BCUT2D eigenvalue weighted by atomic mass is 9.73. The number of esters is 3. The van der Waals surface area contributed by atoms with E-state index < -0.39 is 0 Å². The van der Waals surface area contributed by atoms with Crippen LogP contribution in [-0.4, -0.2) is 62.8 Å². The van der Waals surface area contributed by atoms with Gasteiger partial charge in [0.2, 0.25) is 0 Å². The second kappa shape index (κ2) is 33.7. The van der Waals surface area contributed by atoms with E-state index in [1.54, 1.807) is 0 Å². The molecule has 296 valence electrons. The zero-order chi connectivity index (χ0) is 37.2. The van der Waals surface area contributed by atoms with Crippen molar-refractivity contribution in [3.63, 3.8) is 0 Å². The quantitative estimate of drug-likeness (QED) is 0.0279. The van der Waals surface area contributed by atoms with Crippen LogP contribution in [0.1, 0.15) is 187 Å². The number of hydrogen-bond acceptors (Lipinski definition) is 7. The Morgan fingerprint density at radius 3 is 1.49 bits per heavy atom. The molecule has 0 amide bonds. The van der Waals surface area contributed by atoms with Crippen molar-refractivity contribution in [2.75, 3.05) is 33.9 Å². The van der Waals surface area contributed by atoms with Crippen LogP contribution in [0.3, 0.4) is 0 Å². The molecule has 0 N–H and O–H groups in total. The number of ether oxygens (including phenoxy) is 3. The first-order chi connectivity index (χ1) is 24.8. The molecule has 0 aromatic rings. The van der Waals surface area contributed by atoms with Gasteiger partial charge in [0.15, 0.2) is 0 Å². The summed E-state index contributed by atoms with van der Waals surface area (Å²) in [6.07, 6.45) is 36.1. The minimum Gasteiger partial charge on any atom is -0.462 e. The summed E-state index contributed by atoms with van der Waals surface area (Å²) in [4.78, 5) is 39.2. The lowest BCUT2D eigenvalue weighted by molar-refractivity contribution is -0.152. The average Bonchev–Trinajstić information content (AvgIpc) is 3.08. The van der Waals surface area contributed by atoms with Crippen LogP contribution in [0.25, 0.3) is 0 Å². The number of nitrogens with zero attached hydrogens (tertiary/aromatic N) is 1. The van der Waals surface area contributed by atoms with Gasteiger partial charge >= 0.3 is 17.9 Å². The molecule has 0 bridgehead atoms. The van der Waals surface area contributed by atoms with Gasteiger partial charge in [-0.3, -0.25) is 14.4 Å². The fourth-order valence-electron chi connectivity index (χ4n) is 6.96. The molecule has 1 fully saturated rings. The van der Waals surface area contributed by atoms with E-state index in [9.17, 15) is 14.4 Å². The smallest absolute Gasteiger partial charge is 0.306 e. The molecule has 1 aliphatic carbocycles. The van der Waals surface area contributed by atoms with Crippen LogP contribution >= 0.6 is 0 Å². The molecule has 1 aliphatic rings. The van der Waals surface area contributed by atoms with Crippen molar-refractivity contribution >= 4 is 17.9 Å². The zero-order valence-electron chi connectivity index (χ0n) is 33.7. The number of carbonyl (C=O) groups excluding carboxylic acids is 3. The molecule has 0 radical (unpaired) electrons. The van der Waals surface area contributed by atoms with E-state index >= 15 is 0 Å². The molecule has 0 heterocycles. The molecule has 0 aliphatic heterocycles. The third-order valence-corrected chi connectivity index (χ3v) is 9.99. The van der Waals surface area contributed by atoms with E-state index in [0.717, 1.165) is 109 Å². The maximum absolute atomic E-state index is 12.9. The molecule has 0 aromatic heterocycles. The van der Waals surface area contributed by atoms with Crippen molar-refractivity contribution in [1.82, 2.24) is 4.90 Å². The van der Waals surface area contributed by atoms with Gasteiger partial charge in [-0.25, -0.2) is 0 Å². The highest BCUT2D eigenvalue weighted by Gasteiger charge is 2.31. The van der Waals surface area contributed by atoms with Gasteiger partial charge in [0, 0.05) is 25.8 Å². The summed E-state index contributed by atoms with van der Waals surface area (Å²) in [6.45, 7) is 6.31. The minimum absolute atomic E-state index is 0.0143. The lowest BCUT2D eigenvalue weighted by Gasteiger charge is -2.36. The first kappa shape index (κ1) is 46.9. The van der Waals surface area contributed by atoms with Crippen molar-refractivity contribution in [2.45, 2.75) is 193 Å². The minimum atomic E-state index is -0.103. The number of hydrogen-bond donors (Lipinski definition) is 0. The van der Waals surface area contributed by atoms with Crippen molar-refractivity contribution in [2.24, 2.45) is 11.8 Å². The first-order valence-corrected chi connectivity index (χ1v) is 21.3. The van der Waals surface area contributed by atoms with Gasteiger partial charge in [0.1, 0.15) is 19.3 Å². The van der Waals surface area contributed by atoms with E-state index in [4.69, 9.17) is 14.2 Å². The van der Waals surface area contributed by atoms with Gasteiger partial charge < -0.3 is 19.1 Å². The first-order valence-electron chi connectivity index (χ1n) is 21.3. The van der Waals surface area contributed by atoms with E-state index in [1.807, 2.05) is 12.2 Å². The Morgan fingerprint density at radius 1 is 0.569 bits per heavy atom. The van der Waals surface area contributed by atoms with Crippen LogP contribution in [0.4, 0.5) is 0 Å². The highest BCUT2D eigenvalue weighted by molar-refractivity contribution is 5.70. The predicted octanol–water partition coefficient (Wildman–Crippen LogP) is 11.5. The summed E-state index contributed by atoms with van der Waals surface area (Å²) in [5, 5.41) is 0. The van der Waals surface area contributed by atoms with E-state index in [-0.39, 0.29) is 24.0 Å². The molecule has 7 heteroatoms. The van der Waals surface area contributed by atoms with Gasteiger partial charge in [-0.1, -0.05) is 115 Å². The van der Waals surface area contributed by atoms with Crippen LogP contribution in [0.2, 0.25) is 0 Å². The number of allylic oxidation sites excluding steroid dienone is 2.